The number of carbonyl (C=O) groups is 1. The molecule has 0 atom stereocenters. The molecule has 0 radical (unpaired) electrons. The Balaban J connectivity index is 1.29. The number of methoxy groups -OCH3 is 1. The van der Waals surface area contributed by atoms with Crippen molar-refractivity contribution >= 4 is 23.2 Å². The van der Waals surface area contributed by atoms with Gasteiger partial charge in [-0.15, -0.1) is 0 Å². The van der Waals surface area contributed by atoms with E-state index in [0.717, 1.165) is 42.1 Å². The molecule has 1 aliphatic heterocycles. The van der Waals surface area contributed by atoms with Crippen molar-refractivity contribution in [2.24, 2.45) is 5.92 Å². The van der Waals surface area contributed by atoms with E-state index in [4.69, 9.17) is 21.1 Å². The number of hydrogen-bond acceptors (Lipinski definition) is 5. The summed E-state index contributed by atoms with van der Waals surface area (Å²) in [6.45, 7) is 5.11. The Morgan fingerprint density at radius 3 is 2.57 bits per heavy atom. The van der Waals surface area contributed by atoms with Gasteiger partial charge in [-0.05, 0) is 79.3 Å². The van der Waals surface area contributed by atoms with E-state index in [-0.39, 0.29) is 5.91 Å². The Kier molecular flexibility index (Phi) is 8.48. The molecule has 0 unspecified atom stereocenters. The number of halogens is 1. The largest absolute Gasteiger partial charge is 0.493 e. The molecule has 0 saturated carbocycles. The smallest absolute Gasteiger partial charge is 0.251 e. The number of pyridine rings is 1. The first kappa shape index (κ1) is 24.9. The number of rotatable bonds is 9. The molecular formula is C28H32ClN3O3. The lowest BCUT2D eigenvalue weighted by atomic mass is 9.96. The van der Waals surface area contributed by atoms with Gasteiger partial charge in [0, 0.05) is 54.7 Å². The summed E-state index contributed by atoms with van der Waals surface area (Å²) in [5, 5.41) is 3.83. The van der Waals surface area contributed by atoms with Gasteiger partial charge in [-0.25, -0.2) is 0 Å². The van der Waals surface area contributed by atoms with Crippen LogP contribution in [0.4, 0.5) is 5.69 Å². The molecule has 1 amide bonds. The van der Waals surface area contributed by atoms with E-state index in [2.05, 4.69) is 21.3 Å². The van der Waals surface area contributed by atoms with Crippen molar-refractivity contribution in [3.05, 3.63) is 82.6 Å². The minimum absolute atomic E-state index is 0.0977. The van der Waals surface area contributed by atoms with Crippen LogP contribution >= 0.6 is 11.6 Å². The standard InChI is InChI=1S/C28H32ClN3O3/c1-20-15-22(17-24(29)16-20)9-14-35-27-18-23(3-4-26(27)34-2)28(33)31-19-21-7-12-32(13-8-21)25-5-10-30-11-6-25/h3-6,10-11,15-18,21H,7-9,12-14,19H2,1-2H3,(H,31,33). The number of carbonyl (C=O) groups excluding carboxylic acids is 1. The Morgan fingerprint density at radius 1 is 1.09 bits per heavy atom. The zero-order valence-electron chi connectivity index (χ0n) is 20.3. The van der Waals surface area contributed by atoms with Gasteiger partial charge < -0.3 is 19.7 Å². The number of ether oxygens (including phenoxy) is 2. The lowest BCUT2D eigenvalue weighted by Crippen LogP contribution is -2.38. The summed E-state index contributed by atoms with van der Waals surface area (Å²) < 4.78 is 11.4. The monoisotopic (exact) mass is 493 g/mol. The van der Waals surface area contributed by atoms with Gasteiger partial charge in [-0.2, -0.15) is 0 Å². The maximum atomic E-state index is 12.9. The number of amides is 1. The molecule has 2 heterocycles. The van der Waals surface area contributed by atoms with Crippen molar-refractivity contribution in [3.63, 3.8) is 0 Å². The molecule has 7 heteroatoms. The maximum absolute atomic E-state index is 12.9. The van der Waals surface area contributed by atoms with E-state index in [0.29, 0.717) is 42.6 Å². The van der Waals surface area contributed by atoms with E-state index < -0.39 is 0 Å². The quantitative estimate of drug-likeness (QED) is 0.437. The molecule has 0 aliphatic carbocycles. The molecule has 2 aromatic carbocycles. The van der Waals surface area contributed by atoms with E-state index in [1.165, 1.54) is 5.69 Å². The molecule has 6 nitrogen and oxygen atoms in total. The predicted molar refractivity (Wildman–Crippen MR) is 140 cm³/mol. The van der Waals surface area contributed by atoms with Crippen LogP contribution in [-0.4, -0.2) is 44.2 Å². The fourth-order valence-corrected chi connectivity index (χ4v) is 4.77. The Bertz CT molecular complexity index is 1110. The lowest BCUT2D eigenvalue weighted by Gasteiger charge is -2.33. The first-order chi connectivity index (χ1) is 17.0. The topological polar surface area (TPSA) is 63.7 Å². The lowest BCUT2D eigenvalue weighted by molar-refractivity contribution is 0.0944. The molecule has 4 rings (SSSR count). The van der Waals surface area contributed by atoms with Crippen molar-refractivity contribution in [1.82, 2.24) is 10.3 Å². The van der Waals surface area contributed by atoms with Crippen LogP contribution in [0.25, 0.3) is 0 Å². The van der Waals surface area contributed by atoms with Crippen LogP contribution in [-0.2, 0) is 6.42 Å². The molecule has 1 fully saturated rings. The average molecular weight is 494 g/mol. The first-order valence-electron chi connectivity index (χ1n) is 12.0. The Labute approximate surface area is 212 Å². The number of hydrogen-bond donors (Lipinski definition) is 1. The van der Waals surface area contributed by atoms with Gasteiger partial charge in [0.1, 0.15) is 0 Å². The second-order valence-electron chi connectivity index (χ2n) is 8.95. The van der Waals surface area contributed by atoms with Crippen LogP contribution in [0.1, 0.15) is 34.3 Å². The second kappa shape index (κ2) is 11.9. The van der Waals surface area contributed by atoms with Crippen LogP contribution in [0.2, 0.25) is 5.02 Å². The van der Waals surface area contributed by atoms with Crippen molar-refractivity contribution in [2.45, 2.75) is 26.2 Å². The normalized spacial score (nSPS) is 14.0. The number of anilines is 1. The highest BCUT2D eigenvalue weighted by Crippen LogP contribution is 2.29. The molecule has 1 N–H and O–H groups in total. The number of aryl methyl sites for hydroxylation is 1. The summed E-state index contributed by atoms with van der Waals surface area (Å²) >= 11 is 6.16. The maximum Gasteiger partial charge on any atom is 0.251 e. The highest BCUT2D eigenvalue weighted by Gasteiger charge is 2.20. The minimum atomic E-state index is -0.0977. The third-order valence-corrected chi connectivity index (χ3v) is 6.59. The van der Waals surface area contributed by atoms with Gasteiger partial charge in [0.2, 0.25) is 0 Å². The van der Waals surface area contributed by atoms with Crippen LogP contribution in [0, 0.1) is 12.8 Å². The fourth-order valence-electron chi connectivity index (χ4n) is 4.46. The van der Waals surface area contributed by atoms with Gasteiger partial charge >= 0.3 is 0 Å². The minimum Gasteiger partial charge on any atom is -0.493 e. The Hall–Kier alpha value is -3.25. The van der Waals surface area contributed by atoms with E-state index in [9.17, 15) is 4.79 Å². The van der Waals surface area contributed by atoms with Crippen LogP contribution in [0.5, 0.6) is 11.5 Å². The third kappa shape index (κ3) is 6.89. The number of nitrogens with one attached hydrogen (secondary N) is 1. The number of benzene rings is 2. The third-order valence-electron chi connectivity index (χ3n) is 6.37. The summed E-state index contributed by atoms with van der Waals surface area (Å²) in [7, 11) is 1.60. The summed E-state index contributed by atoms with van der Waals surface area (Å²) in [5.74, 6) is 1.53. The molecule has 1 aromatic heterocycles. The summed E-state index contributed by atoms with van der Waals surface area (Å²) in [6.07, 6.45) is 6.45. The zero-order chi connectivity index (χ0) is 24.6. The summed E-state index contributed by atoms with van der Waals surface area (Å²) in [4.78, 5) is 19.3. The van der Waals surface area contributed by atoms with Crippen LogP contribution < -0.4 is 19.7 Å². The molecule has 0 bridgehead atoms. The second-order valence-corrected chi connectivity index (χ2v) is 9.38. The van der Waals surface area contributed by atoms with Gasteiger partial charge in [0.05, 0.1) is 13.7 Å². The van der Waals surface area contributed by atoms with E-state index >= 15 is 0 Å². The van der Waals surface area contributed by atoms with E-state index in [1.807, 2.05) is 43.6 Å². The van der Waals surface area contributed by atoms with Crippen molar-refractivity contribution in [3.8, 4) is 11.5 Å². The molecule has 1 saturated heterocycles. The fraction of sp³-hybridized carbons (Fsp3) is 0.357. The molecular weight excluding hydrogens is 462 g/mol. The van der Waals surface area contributed by atoms with Gasteiger partial charge in [0.25, 0.3) is 5.91 Å². The number of aromatic nitrogens is 1. The summed E-state index contributed by atoms with van der Waals surface area (Å²) in [6, 6.07) is 15.4. The van der Waals surface area contributed by atoms with E-state index in [1.54, 1.807) is 25.3 Å². The van der Waals surface area contributed by atoms with Crippen molar-refractivity contribution < 1.29 is 14.3 Å². The Morgan fingerprint density at radius 2 is 1.86 bits per heavy atom. The highest BCUT2D eigenvalue weighted by atomic mass is 35.5. The SMILES string of the molecule is COc1ccc(C(=O)NCC2CCN(c3ccncc3)CC2)cc1OCCc1cc(C)cc(Cl)c1. The van der Waals surface area contributed by atoms with Crippen molar-refractivity contribution in [1.29, 1.82) is 0 Å². The molecule has 0 spiro atoms. The zero-order valence-corrected chi connectivity index (χ0v) is 21.1. The van der Waals surface area contributed by atoms with Gasteiger partial charge in [-0.1, -0.05) is 17.7 Å². The average Bonchev–Trinajstić information content (AvgIpc) is 2.87. The molecule has 3 aromatic rings. The molecule has 184 valence electrons. The summed E-state index contributed by atoms with van der Waals surface area (Å²) in [5.41, 5.74) is 4.00. The van der Waals surface area contributed by atoms with Crippen LogP contribution in [0.3, 0.4) is 0 Å². The van der Waals surface area contributed by atoms with Crippen molar-refractivity contribution in [2.75, 3.05) is 38.3 Å². The van der Waals surface area contributed by atoms with Crippen LogP contribution in [0.15, 0.2) is 60.9 Å². The molecule has 1 aliphatic rings. The van der Waals surface area contributed by atoms with Gasteiger partial charge in [-0.3, -0.25) is 9.78 Å². The number of nitrogens with zero attached hydrogens (tertiary/aromatic N) is 2. The number of piperidine rings is 1. The highest BCUT2D eigenvalue weighted by molar-refractivity contribution is 6.30. The van der Waals surface area contributed by atoms with Gasteiger partial charge in [0.15, 0.2) is 11.5 Å². The predicted octanol–water partition coefficient (Wildman–Crippen LogP) is 5.32. The molecule has 35 heavy (non-hydrogen) atoms. The first-order valence-corrected chi connectivity index (χ1v) is 12.4.